The molecule has 0 saturated heterocycles. The number of aliphatic hydroxyl groups is 1. The Kier molecular flexibility index (Phi) is 3.00. The number of carboxylic acids is 1. The maximum Gasteiger partial charge on any atom is 0.337 e. The first-order valence-electron chi connectivity index (χ1n) is 3.38. The number of carboxylic acid groups (broad SMARTS) is 1. The maximum absolute atomic E-state index is 12.7. The normalized spacial score (nSPS) is 12.5. The highest BCUT2D eigenvalue weighted by molar-refractivity contribution is 9.10. The summed E-state index contributed by atoms with van der Waals surface area (Å²) in [4.78, 5) is 10.3. The van der Waals surface area contributed by atoms with Crippen molar-refractivity contribution in [2.24, 2.45) is 0 Å². The average Bonchev–Trinajstić information content (AvgIpc) is 2.08. The monoisotopic (exact) mass is 248 g/mol. The van der Waals surface area contributed by atoms with E-state index >= 15 is 0 Å². The minimum Gasteiger partial charge on any atom is -0.479 e. The standard InChI is InChI=1S/C8H6BrFO3/c9-5-3-4(1-2-6(5)10)7(11)8(12)13/h1-3,7,11H,(H,12,13). The van der Waals surface area contributed by atoms with Gasteiger partial charge in [-0.05, 0) is 33.6 Å². The van der Waals surface area contributed by atoms with E-state index in [2.05, 4.69) is 15.9 Å². The number of carbonyl (C=O) groups is 1. The van der Waals surface area contributed by atoms with Crippen molar-refractivity contribution in [2.45, 2.75) is 6.10 Å². The minimum atomic E-state index is -1.61. The second-order valence-corrected chi connectivity index (χ2v) is 3.27. The van der Waals surface area contributed by atoms with Crippen LogP contribution in [-0.4, -0.2) is 16.2 Å². The fraction of sp³-hybridized carbons (Fsp3) is 0.125. The predicted octanol–water partition coefficient (Wildman–Crippen LogP) is 1.71. The van der Waals surface area contributed by atoms with Crippen LogP contribution in [0, 0.1) is 5.82 Å². The Morgan fingerprint density at radius 1 is 1.54 bits per heavy atom. The molecule has 0 amide bonds. The number of hydrogen-bond donors (Lipinski definition) is 2. The van der Waals surface area contributed by atoms with E-state index in [9.17, 15) is 9.18 Å². The molecule has 0 fully saturated rings. The third kappa shape index (κ3) is 2.26. The summed E-state index contributed by atoms with van der Waals surface area (Å²) < 4.78 is 12.8. The molecule has 1 unspecified atom stereocenters. The van der Waals surface area contributed by atoms with Crippen LogP contribution in [-0.2, 0) is 4.79 Å². The number of aliphatic carboxylic acids is 1. The quantitative estimate of drug-likeness (QED) is 0.838. The molecule has 0 aliphatic carbocycles. The molecule has 5 heteroatoms. The van der Waals surface area contributed by atoms with Crippen LogP contribution in [0.25, 0.3) is 0 Å². The molecule has 1 atom stereocenters. The van der Waals surface area contributed by atoms with E-state index in [-0.39, 0.29) is 10.0 Å². The van der Waals surface area contributed by atoms with Gasteiger partial charge in [-0.3, -0.25) is 0 Å². The first kappa shape index (κ1) is 10.1. The third-order valence-electron chi connectivity index (χ3n) is 1.49. The Bertz CT molecular complexity index is 340. The molecule has 13 heavy (non-hydrogen) atoms. The molecular formula is C8H6BrFO3. The molecule has 0 aliphatic rings. The van der Waals surface area contributed by atoms with Crippen molar-refractivity contribution in [3.05, 3.63) is 34.1 Å². The van der Waals surface area contributed by atoms with Crippen molar-refractivity contribution < 1.29 is 19.4 Å². The smallest absolute Gasteiger partial charge is 0.337 e. The van der Waals surface area contributed by atoms with Gasteiger partial charge in [-0.1, -0.05) is 6.07 Å². The van der Waals surface area contributed by atoms with Gasteiger partial charge in [0.05, 0.1) is 4.47 Å². The highest BCUT2D eigenvalue weighted by Crippen LogP contribution is 2.21. The lowest BCUT2D eigenvalue weighted by Crippen LogP contribution is -2.10. The zero-order chi connectivity index (χ0) is 10.0. The molecule has 0 spiro atoms. The second kappa shape index (κ2) is 3.85. The minimum absolute atomic E-state index is 0.130. The molecule has 0 saturated carbocycles. The van der Waals surface area contributed by atoms with Crippen molar-refractivity contribution in [1.29, 1.82) is 0 Å². The molecule has 3 nitrogen and oxygen atoms in total. The largest absolute Gasteiger partial charge is 0.479 e. The third-order valence-corrected chi connectivity index (χ3v) is 2.10. The zero-order valence-corrected chi connectivity index (χ0v) is 7.95. The van der Waals surface area contributed by atoms with E-state index in [1.165, 1.54) is 12.1 Å². The topological polar surface area (TPSA) is 57.5 Å². The SMILES string of the molecule is O=C(O)C(O)c1ccc(F)c(Br)c1. The summed E-state index contributed by atoms with van der Waals surface area (Å²) in [6, 6.07) is 3.54. The summed E-state index contributed by atoms with van der Waals surface area (Å²) in [5.41, 5.74) is 0.140. The molecule has 1 aromatic rings. The van der Waals surface area contributed by atoms with Gasteiger partial charge in [-0.25, -0.2) is 9.18 Å². The second-order valence-electron chi connectivity index (χ2n) is 2.41. The van der Waals surface area contributed by atoms with Gasteiger partial charge < -0.3 is 10.2 Å². The number of benzene rings is 1. The lowest BCUT2D eigenvalue weighted by atomic mass is 10.1. The van der Waals surface area contributed by atoms with Crippen LogP contribution in [0.3, 0.4) is 0 Å². The van der Waals surface area contributed by atoms with Crippen LogP contribution in [0.15, 0.2) is 22.7 Å². The summed E-state index contributed by atoms with van der Waals surface area (Å²) in [5.74, 6) is -1.86. The molecule has 1 rings (SSSR count). The van der Waals surface area contributed by atoms with Crippen LogP contribution < -0.4 is 0 Å². The summed E-state index contributed by atoms with van der Waals surface area (Å²) in [6.07, 6.45) is -1.61. The molecule has 2 N–H and O–H groups in total. The Hall–Kier alpha value is -0.940. The van der Waals surface area contributed by atoms with Gasteiger partial charge >= 0.3 is 5.97 Å². The van der Waals surface area contributed by atoms with Crippen molar-refractivity contribution in [2.75, 3.05) is 0 Å². The summed E-state index contributed by atoms with van der Waals surface area (Å²) >= 11 is 2.88. The molecule has 1 aromatic carbocycles. The van der Waals surface area contributed by atoms with E-state index in [4.69, 9.17) is 10.2 Å². The van der Waals surface area contributed by atoms with Crippen molar-refractivity contribution in [3.8, 4) is 0 Å². The molecule has 0 aromatic heterocycles. The average molecular weight is 249 g/mol. The van der Waals surface area contributed by atoms with Gasteiger partial charge in [0.1, 0.15) is 5.82 Å². The van der Waals surface area contributed by atoms with Gasteiger partial charge in [0, 0.05) is 0 Å². The zero-order valence-electron chi connectivity index (χ0n) is 6.37. The number of aliphatic hydroxyl groups excluding tert-OH is 1. The fourth-order valence-electron chi connectivity index (χ4n) is 0.825. The molecule has 0 bridgehead atoms. The predicted molar refractivity (Wildman–Crippen MR) is 46.7 cm³/mol. The van der Waals surface area contributed by atoms with Gasteiger partial charge in [0.25, 0.3) is 0 Å². The summed E-state index contributed by atoms with van der Waals surface area (Å²) in [6.45, 7) is 0. The van der Waals surface area contributed by atoms with Crippen molar-refractivity contribution in [1.82, 2.24) is 0 Å². The van der Waals surface area contributed by atoms with Crippen LogP contribution in [0.2, 0.25) is 0 Å². The van der Waals surface area contributed by atoms with E-state index < -0.39 is 17.9 Å². The summed E-state index contributed by atoms with van der Waals surface area (Å²) in [5, 5.41) is 17.5. The Labute approximate surface area is 81.9 Å². The van der Waals surface area contributed by atoms with Gasteiger partial charge in [-0.15, -0.1) is 0 Å². The first-order chi connectivity index (χ1) is 6.02. The van der Waals surface area contributed by atoms with Crippen LogP contribution in [0.1, 0.15) is 11.7 Å². The van der Waals surface area contributed by atoms with Gasteiger partial charge in [-0.2, -0.15) is 0 Å². The van der Waals surface area contributed by atoms with E-state index in [1.54, 1.807) is 0 Å². The highest BCUT2D eigenvalue weighted by Gasteiger charge is 2.16. The van der Waals surface area contributed by atoms with Crippen LogP contribution in [0.4, 0.5) is 4.39 Å². The maximum atomic E-state index is 12.7. The van der Waals surface area contributed by atoms with Crippen molar-refractivity contribution >= 4 is 21.9 Å². The molecule has 0 radical (unpaired) electrons. The number of rotatable bonds is 2. The van der Waals surface area contributed by atoms with Crippen LogP contribution in [0.5, 0.6) is 0 Å². The fourth-order valence-corrected chi connectivity index (χ4v) is 1.22. The van der Waals surface area contributed by atoms with Crippen LogP contribution >= 0.6 is 15.9 Å². The highest BCUT2D eigenvalue weighted by atomic mass is 79.9. The van der Waals surface area contributed by atoms with Gasteiger partial charge in [0.2, 0.25) is 0 Å². The Morgan fingerprint density at radius 3 is 2.62 bits per heavy atom. The van der Waals surface area contributed by atoms with Crippen molar-refractivity contribution in [3.63, 3.8) is 0 Å². The number of halogens is 2. The van der Waals surface area contributed by atoms with Gasteiger partial charge in [0.15, 0.2) is 6.10 Å². The first-order valence-corrected chi connectivity index (χ1v) is 4.17. The molecule has 0 heterocycles. The lowest BCUT2D eigenvalue weighted by Gasteiger charge is -2.05. The molecule has 0 aliphatic heterocycles. The van der Waals surface area contributed by atoms with E-state index in [0.29, 0.717) is 0 Å². The Morgan fingerprint density at radius 2 is 2.15 bits per heavy atom. The molecule has 70 valence electrons. The lowest BCUT2D eigenvalue weighted by molar-refractivity contribution is -0.146. The number of hydrogen-bond acceptors (Lipinski definition) is 2. The van der Waals surface area contributed by atoms with E-state index in [0.717, 1.165) is 6.07 Å². The van der Waals surface area contributed by atoms with E-state index in [1.807, 2.05) is 0 Å². The molecular weight excluding hydrogens is 243 g/mol. The Balaban J connectivity index is 3.03. The summed E-state index contributed by atoms with van der Waals surface area (Å²) in [7, 11) is 0.